The van der Waals surface area contributed by atoms with Gasteiger partial charge in [-0.1, -0.05) is 18.2 Å². The van der Waals surface area contributed by atoms with Crippen molar-refractivity contribution in [3.63, 3.8) is 0 Å². The second-order valence-electron chi connectivity index (χ2n) is 8.89. The number of benzene rings is 2. The summed E-state index contributed by atoms with van der Waals surface area (Å²) >= 11 is 0. The fourth-order valence-electron chi connectivity index (χ4n) is 4.31. The molecule has 0 aliphatic heterocycles. The third-order valence-corrected chi connectivity index (χ3v) is 6.14. The summed E-state index contributed by atoms with van der Waals surface area (Å²) in [5, 5.41) is 7.19. The number of para-hydroxylation sites is 1. The minimum Gasteiger partial charge on any atom is -0.477 e. The number of pyridine rings is 1. The fourth-order valence-corrected chi connectivity index (χ4v) is 4.31. The van der Waals surface area contributed by atoms with Crippen LogP contribution in [-0.4, -0.2) is 43.7 Å². The largest absolute Gasteiger partial charge is 0.477 e. The van der Waals surface area contributed by atoms with E-state index in [1.54, 1.807) is 0 Å². The fraction of sp³-hybridized carbons (Fsp3) is 0.360. The number of amides is 1. The van der Waals surface area contributed by atoms with Gasteiger partial charge in [0.05, 0.1) is 5.52 Å². The van der Waals surface area contributed by atoms with E-state index in [9.17, 15) is 26.7 Å². The molecule has 0 atom stereocenters. The van der Waals surface area contributed by atoms with Crippen LogP contribution in [0, 0.1) is 29.1 Å². The number of ether oxygens (including phenoxy) is 1. The summed E-state index contributed by atoms with van der Waals surface area (Å²) in [4.78, 5) is 18.9. The number of hydrogen-bond acceptors (Lipinski definition) is 5. The minimum atomic E-state index is -2.29. The molecular weight excluding hydrogens is 483 g/mol. The van der Waals surface area contributed by atoms with Gasteiger partial charge in [-0.05, 0) is 31.7 Å². The lowest BCUT2D eigenvalue weighted by Crippen LogP contribution is -2.42. The van der Waals surface area contributed by atoms with Gasteiger partial charge >= 0.3 is 0 Å². The van der Waals surface area contributed by atoms with Crippen LogP contribution >= 0.6 is 0 Å². The van der Waals surface area contributed by atoms with Crippen LogP contribution in [0.25, 0.3) is 10.9 Å². The first-order chi connectivity index (χ1) is 17.2. The number of rotatable bonds is 7. The maximum absolute atomic E-state index is 13.7. The van der Waals surface area contributed by atoms with Crippen molar-refractivity contribution in [1.29, 1.82) is 0 Å². The molecular formula is C25H25F5N4O2. The van der Waals surface area contributed by atoms with Gasteiger partial charge in [-0.3, -0.25) is 4.79 Å². The molecule has 0 spiro atoms. The zero-order valence-electron chi connectivity index (χ0n) is 19.7. The molecule has 1 amide bonds. The van der Waals surface area contributed by atoms with Crippen molar-refractivity contribution in [2.45, 2.75) is 37.8 Å². The van der Waals surface area contributed by atoms with E-state index < -0.39 is 47.3 Å². The summed E-state index contributed by atoms with van der Waals surface area (Å²) in [6.45, 7) is -0.884. The number of hydrogen-bond donors (Lipinski definition) is 2. The van der Waals surface area contributed by atoms with Crippen LogP contribution in [0.15, 0.2) is 30.3 Å². The summed E-state index contributed by atoms with van der Waals surface area (Å²) in [5.41, 5.74) is 1.92. The van der Waals surface area contributed by atoms with E-state index in [1.807, 2.05) is 49.3 Å². The van der Waals surface area contributed by atoms with E-state index in [-0.39, 0.29) is 12.1 Å². The molecule has 1 fully saturated rings. The predicted octanol–water partition coefficient (Wildman–Crippen LogP) is 4.91. The Labute approximate surface area is 204 Å². The highest BCUT2D eigenvalue weighted by Crippen LogP contribution is 2.30. The number of halogens is 5. The zero-order chi connectivity index (χ0) is 26.0. The smallest absolute Gasteiger partial charge is 0.258 e. The Hall–Kier alpha value is -3.63. The molecule has 1 saturated carbocycles. The normalized spacial score (nSPS) is 17.6. The van der Waals surface area contributed by atoms with Crippen molar-refractivity contribution in [3.05, 3.63) is 59.4 Å². The Morgan fingerprint density at radius 1 is 0.944 bits per heavy atom. The molecule has 0 unspecified atom stereocenters. The average Bonchev–Trinajstić information content (AvgIpc) is 2.87. The predicted molar refractivity (Wildman–Crippen MR) is 126 cm³/mol. The van der Waals surface area contributed by atoms with Gasteiger partial charge in [-0.15, -0.1) is 0 Å². The molecule has 1 heterocycles. The van der Waals surface area contributed by atoms with Gasteiger partial charge < -0.3 is 20.3 Å². The Bertz CT molecular complexity index is 1250. The Kier molecular flexibility index (Phi) is 7.46. The molecule has 0 radical (unpaired) electrons. The number of fused-ring (bicyclic) bond motifs is 1. The average molecular weight is 508 g/mol. The van der Waals surface area contributed by atoms with Gasteiger partial charge in [-0.2, -0.15) is 8.78 Å². The standard InChI is InChI=1S/C25H25F5N4O2/c1-34(2)17-11-18(33-16-6-4-3-5-15(16)17)31-13-7-9-14(10-8-13)32-19(35)12-36-25-23(29)21(27)20(26)22(28)24(25)30/h3-6,11,13-14H,7-10,12H2,1-2H3,(H,31,33)(H,32,35). The van der Waals surface area contributed by atoms with Crippen molar-refractivity contribution in [2.24, 2.45) is 0 Å². The molecule has 6 nitrogen and oxygen atoms in total. The van der Waals surface area contributed by atoms with Crippen molar-refractivity contribution < 1.29 is 31.5 Å². The van der Waals surface area contributed by atoms with Crippen molar-refractivity contribution >= 4 is 28.3 Å². The summed E-state index contributed by atoms with van der Waals surface area (Å²) < 4.78 is 71.7. The summed E-state index contributed by atoms with van der Waals surface area (Å²) in [6, 6.07) is 9.78. The lowest BCUT2D eigenvalue weighted by Gasteiger charge is -2.30. The van der Waals surface area contributed by atoms with Crippen LogP contribution < -0.4 is 20.3 Å². The number of nitrogens with zero attached hydrogens (tertiary/aromatic N) is 2. The Morgan fingerprint density at radius 3 is 2.17 bits per heavy atom. The second kappa shape index (κ2) is 10.5. The molecule has 1 aliphatic carbocycles. The van der Waals surface area contributed by atoms with Crippen LogP contribution in [0.3, 0.4) is 0 Å². The van der Waals surface area contributed by atoms with Gasteiger partial charge in [0.1, 0.15) is 5.82 Å². The third-order valence-electron chi connectivity index (χ3n) is 6.14. The first-order valence-corrected chi connectivity index (χ1v) is 11.4. The molecule has 0 bridgehead atoms. The Morgan fingerprint density at radius 2 is 1.53 bits per heavy atom. The van der Waals surface area contributed by atoms with Gasteiger partial charge in [0.15, 0.2) is 12.4 Å². The molecule has 2 aromatic carbocycles. The molecule has 2 N–H and O–H groups in total. The summed E-state index contributed by atoms with van der Waals surface area (Å²) in [5.74, 6) is -12.2. The van der Waals surface area contributed by atoms with Crippen molar-refractivity contribution in [2.75, 3.05) is 30.9 Å². The quantitative estimate of drug-likeness (QED) is 0.270. The monoisotopic (exact) mass is 508 g/mol. The topological polar surface area (TPSA) is 66.5 Å². The third kappa shape index (κ3) is 5.29. The zero-order valence-corrected chi connectivity index (χ0v) is 19.7. The Balaban J connectivity index is 1.31. The van der Waals surface area contributed by atoms with E-state index in [0.717, 1.165) is 35.2 Å². The van der Waals surface area contributed by atoms with Gasteiger partial charge in [0.2, 0.25) is 29.1 Å². The molecule has 1 aliphatic rings. The first-order valence-electron chi connectivity index (χ1n) is 11.4. The highest BCUT2D eigenvalue weighted by atomic mass is 19.2. The number of nitrogens with one attached hydrogen (secondary N) is 2. The first kappa shape index (κ1) is 25.5. The maximum atomic E-state index is 13.7. The molecule has 36 heavy (non-hydrogen) atoms. The highest BCUT2D eigenvalue weighted by Gasteiger charge is 2.28. The van der Waals surface area contributed by atoms with Crippen LogP contribution in [0.5, 0.6) is 5.75 Å². The number of anilines is 2. The van der Waals surface area contributed by atoms with Crippen LogP contribution in [0.2, 0.25) is 0 Å². The number of aromatic nitrogens is 1. The molecule has 4 rings (SSSR count). The van der Waals surface area contributed by atoms with E-state index in [0.29, 0.717) is 12.8 Å². The van der Waals surface area contributed by atoms with Crippen LogP contribution in [0.4, 0.5) is 33.5 Å². The molecule has 11 heteroatoms. The van der Waals surface area contributed by atoms with Crippen LogP contribution in [-0.2, 0) is 4.79 Å². The minimum absolute atomic E-state index is 0.131. The second-order valence-corrected chi connectivity index (χ2v) is 8.89. The van der Waals surface area contributed by atoms with Crippen molar-refractivity contribution in [3.8, 4) is 5.75 Å². The molecule has 1 aromatic heterocycles. The maximum Gasteiger partial charge on any atom is 0.258 e. The summed E-state index contributed by atoms with van der Waals surface area (Å²) in [6.07, 6.45) is 2.71. The molecule has 0 saturated heterocycles. The van der Waals surface area contributed by atoms with Gasteiger partial charge in [-0.25, -0.2) is 18.2 Å². The number of carbonyl (C=O) groups excluding carboxylic acids is 1. The molecule has 192 valence electrons. The lowest BCUT2D eigenvalue weighted by atomic mass is 9.91. The van der Waals surface area contributed by atoms with E-state index in [2.05, 4.69) is 15.4 Å². The van der Waals surface area contributed by atoms with E-state index in [1.165, 1.54) is 0 Å². The highest BCUT2D eigenvalue weighted by molar-refractivity contribution is 5.93. The summed E-state index contributed by atoms with van der Waals surface area (Å²) in [7, 11) is 3.93. The SMILES string of the molecule is CN(C)c1cc(NC2CCC(NC(=O)COc3c(F)c(F)c(F)c(F)c3F)CC2)nc2ccccc12. The van der Waals surface area contributed by atoms with E-state index in [4.69, 9.17) is 4.98 Å². The van der Waals surface area contributed by atoms with E-state index >= 15 is 0 Å². The lowest BCUT2D eigenvalue weighted by molar-refractivity contribution is -0.124. The van der Waals surface area contributed by atoms with Crippen molar-refractivity contribution in [1.82, 2.24) is 10.3 Å². The van der Waals surface area contributed by atoms with Gasteiger partial charge in [0.25, 0.3) is 5.91 Å². The van der Waals surface area contributed by atoms with Gasteiger partial charge in [0, 0.05) is 43.3 Å². The van der Waals surface area contributed by atoms with Crippen LogP contribution in [0.1, 0.15) is 25.7 Å². The molecule has 3 aromatic rings. The number of carbonyl (C=O) groups is 1.